The lowest BCUT2D eigenvalue weighted by molar-refractivity contribution is 0.111. The summed E-state index contributed by atoms with van der Waals surface area (Å²) < 4.78 is 14.1. The average Bonchev–Trinajstić information content (AvgIpc) is 3.33. The summed E-state index contributed by atoms with van der Waals surface area (Å²) in [5.41, 5.74) is 5.62. The molecular weight excluding hydrogens is 417 g/mol. The van der Waals surface area contributed by atoms with Crippen LogP contribution in [0, 0.1) is 19.7 Å². The Labute approximate surface area is 194 Å². The fourth-order valence-corrected chi connectivity index (χ4v) is 2.86. The standard InChI is InChI=1S/C14H17N3.C10H7FN2O.C2H6/c1-10-6-7-12(15-3)9-13(10)17-14-11(2)5-4-8-16-14;11-8-1-3-9(4-2-8)13-10(7-14)5-6-12-13;1-2/h4-9,15H,1-3H3,(H,16,17);1-7H;1-2H3. The summed E-state index contributed by atoms with van der Waals surface area (Å²) in [6.07, 6.45) is 4.02. The minimum Gasteiger partial charge on any atom is -0.388 e. The van der Waals surface area contributed by atoms with Crippen LogP contribution >= 0.6 is 0 Å². The zero-order valence-corrected chi connectivity index (χ0v) is 19.6. The first kappa shape index (κ1) is 25.3. The lowest BCUT2D eigenvalue weighted by Gasteiger charge is -2.12. The molecule has 2 aromatic heterocycles. The van der Waals surface area contributed by atoms with Gasteiger partial charge in [-0.15, -0.1) is 0 Å². The van der Waals surface area contributed by atoms with Gasteiger partial charge in [0.1, 0.15) is 17.3 Å². The molecule has 0 amide bonds. The van der Waals surface area contributed by atoms with Gasteiger partial charge in [0.15, 0.2) is 6.29 Å². The monoisotopic (exact) mass is 447 g/mol. The molecule has 7 heteroatoms. The first-order valence-electron chi connectivity index (χ1n) is 10.7. The highest BCUT2D eigenvalue weighted by molar-refractivity contribution is 5.73. The second kappa shape index (κ2) is 12.8. The van der Waals surface area contributed by atoms with Gasteiger partial charge in [-0.2, -0.15) is 5.10 Å². The Morgan fingerprint density at radius 3 is 2.30 bits per heavy atom. The van der Waals surface area contributed by atoms with Crippen LogP contribution in [0.4, 0.5) is 21.6 Å². The zero-order valence-electron chi connectivity index (χ0n) is 19.6. The summed E-state index contributed by atoms with van der Waals surface area (Å²) >= 11 is 0. The first-order valence-corrected chi connectivity index (χ1v) is 10.7. The van der Waals surface area contributed by atoms with E-state index in [4.69, 9.17) is 0 Å². The van der Waals surface area contributed by atoms with E-state index in [-0.39, 0.29) is 5.82 Å². The third-order valence-corrected chi connectivity index (χ3v) is 4.65. The normalized spacial score (nSPS) is 9.64. The lowest BCUT2D eigenvalue weighted by Crippen LogP contribution is -2.00. The van der Waals surface area contributed by atoms with Crippen molar-refractivity contribution >= 4 is 23.5 Å². The molecule has 172 valence electrons. The van der Waals surface area contributed by atoms with Crippen molar-refractivity contribution < 1.29 is 9.18 Å². The molecule has 2 aromatic carbocycles. The van der Waals surface area contributed by atoms with E-state index in [1.54, 1.807) is 24.4 Å². The van der Waals surface area contributed by atoms with E-state index in [9.17, 15) is 9.18 Å². The molecule has 2 N–H and O–H groups in total. The maximum Gasteiger partial charge on any atom is 0.168 e. The zero-order chi connectivity index (χ0) is 24.2. The molecule has 33 heavy (non-hydrogen) atoms. The number of hydrogen-bond acceptors (Lipinski definition) is 5. The highest BCUT2D eigenvalue weighted by atomic mass is 19.1. The van der Waals surface area contributed by atoms with Crippen LogP contribution in [0.25, 0.3) is 5.69 Å². The number of benzene rings is 2. The number of pyridine rings is 1. The van der Waals surface area contributed by atoms with Crippen LogP contribution in [-0.4, -0.2) is 28.1 Å². The molecule has 0 unspecified atom stereocenters. The fraction of sp³-hybridized carbons (Fsp3) is 0.192. The number of halogens is 1. The minimum atomic E-state index is -0.312. The molecule has 0 bridgehead atoms. The third-order valence-electron chi connectivity index (χ3n) is 4.65. The van der Waals surface area contributed by atoms with Crippen LogP contribution in [0.15, 0.2) is 73.1 Å². The van der Waals surface area contributed by atoms with E-state index >= 15 is 0 Å². The molecule has 0 saturated heterocycles. The highest BCUT2D eigenvalue weighted by Gasteiger charge is 2.04. The number of nitrogens with zero attached hydrogens (tertiary/aromatic N) is 3. The quantitative estimate of drug-likeness (QED) is 0.350. The highest BCUT2D eigenvalue weighted by Crippen LogP contribution is 2.24. The van der Waals surface area contributed by atoms with Gasteiger partial charge in [0.2, 0.25) is 0 Å². The van der Waals surface area contributed by atoms with E-state index in [1.807, 2.05) is 40.0 Å². The summed E-state index contributed by atoms with van der Waals surface area (Å²) in [6.45, 7) is 8.13. The predicted octanol–water partition coefficient (Wildman–Crippen LogP) is 6.33. The molecule has 4 aromatic rings. The van der Waals surface area contributed by atoms with Crippen molar-refractivity contribution in [2.45, 2.75) is 27.7 Å². The number of nitrogens with one attached hydrogen (secondary N) is 2. The molecule has 6 nitrogen and oxygen atoms in total. The number of rotatable bonds is 5. The Morgan fingerprint density at radius 2 is 1.67 bits per heavy atom. The van der Waals surface area contributed by atoms with Gasteiger partial charge in [0, 0.05) is 24.6 Å². The number of carbonyl (C=O) groups excluding carboxylic acids is 1. The molecule has 0 aliphatic carbocycles. The number of aryl methyl sites for hydroxylation is 2. The molecule has 0 spiro atoms. The second-order valence-electron chi connectivity index (χ2n) is 6.84. The lowest BCUT2D eigenvalue weighted by atomic mass is 10.1. The first-order chi connectivity index (χ1) is 16.0. The van der Waals surface area contributed by atoms with E-state index < -0.39 is 0 Å². The van der Waals surface area contributed by atoms with Crippen molar-refractivity contribution in [3.05, 3.63) is 95.7 Å². The number of aldehydes is 1. The molecule has 0 aliphatic rings. The minimum absolute atomic E-state index is 0.312. The van der Waals surface area contributed by atoms with Crippen molar-refractivity contribution in [3.63, 3.8) is 0 Å². The van der Waals surface area contributed by atoms with E-state index in [2.05, 4.69) is 45.8 Å². The number of anilines is 3. The van der Waals surface area contributed by atoms with Crippen LogP contribution in [0.1, 0.15) is 35.5 Å². The second-order valence-corrected chi connectivity index (χ2v) is 6.84. The average molecular weight is 448 g/mol. The van der Waals surface area contributed by atoms with Gasteiger partial charge < -0.3 is 10.6 Å². The largest absolute Gasteiger partial charge is 0.388 e. The van der Waals surface area contributed by atoms with Crippen molar-refractivity contribution in [2.75, 3.05) is 17.7 Å². The molecule has 0 radical (unpaired) electrons. The summed E-state index contributed by atoms with van der Waals surface area (Å²) in [4.78, 5) is 14.9. The van der Waals surface area contributed by atoms with Gasteiger partial charge in [-0.05, 0) is 73.5 Å². The van der Waals surface area contributed by atoms with Crippen LogP contribution in [0.5, 0.6) is 0 Å². The Morgan fingerprint density at radius 1 is 0.939 bits per heavy atom. The molecule has 4 rings (SSSR count). The molecule has 0 aliphatic heterocycles. The van der Waals surface area contributed by atoms with Crippen molar-refractivity contribution in [1.29, 1.82) is 0 Å². The predicted molar refractivity (Wildman–Crippen MR) is 133 cm³/mol. The van der Waals surface area contributed by atoms with Gasteiger partial charge in [-0.3, -0.25) is 4.79 Å². The Hall–Kier alpha value is -4.00. The van der Waals surface area contributed by atoms with Crippen LogP contribution in [0.2, 0.25) is 0 Å². The summed E-state index contributed by atoms with van der Waals surface area (Å²) in [7, 11) is 1.92. The smallest absolute Gasteiger partial charge is 0.168 e. The van der Waals surface area contributed by atoms with Gasteiger partial charge in [-0.25, -0.2) is 14.1 Å². The summed E-state index contributed by atoms with van der Waals surface area (Å²) in [5.74, 6) is 0.595. The summed E-state index contributed by atoms with van der Waals surface area (Å²) in [5, 5.41) is 10.4. The molecule has 0 fully saturated rings. The van der Waals surface area contributed by atoms with Crippen molar-refractivity contribution in [2.24, 2.45) is 0 Å². The molecule has 0 saturated carbocycles. The topological polar surface area (TPSA) is 71.8 Å². The molecule has 2 heterocycles. The van der Waals surface area contributed by atoms with E-state index in [0.29, 0.717) is 17.7 Å². The van der Waals surface area contributed by atoms with Crippen molar-refractivity contribution in [3.8, 4) is 5.69 Å². The number of carbonyl (C=O) groups is 1. The van der Waals surface area contributed by atoms with Crippen LogP contribution in [0.3, 0.4) is 0 Å². The van der Waals surface area contributed by atoms with E-state index in [0.717, 1.165) is 22.8 Å². The van der Waals surface area contributed by atoms with Crippen molar-refractivity contribution in [1.82, 2.24) is 14.8 Å². The van der Waals surface area contributed by atoms with Gasteiger partial charge in [0.05, 0.1) is 11.9 Å². The summed E-state index contributed by atoms with van der Waals surface area (Å²) in [6, 6.07) is 17.6. The van der Waals surface area contributed by atoms with Gasteiger partial charge in [-0.1, -0.05) is 26.0 Å². The maximum atomic E-state index is 12.6. The van der Waals surface area contributed by atoms with Crippen LogP contribution in [-0.2, 0) is 0 Å². The fourth-order valence-electron chi connectivity index (χ4n) is 2.86. The number of hydrogen-bond donors (Lipinski definition) is 2. The van der Waals surface area contributed by atoms with Gasteiger partial charge >= 0.3 is 0 Å². The van der Waals surface area contributed by atoms with E-state index in [1.165, 1.54) is 28.6 Å². The third kappa shape index (κ3) is 7.00. The SMILES string of the molecule is CC.CNc1ccc(C)c(Nc2ncccc2C)c1.O=Cc1ccnn1-c1ccc(F)cc1. The molecule has 0 atom stereocenters. The number of aromatic nitrogens is 3. The Bertz CT molecular complexity index is 1160. The maximum absolute atomic E-state index is 12.6. The molecular formula is C26H30FN5O. The van der Waals surface area contributed by atoms with Crippen LogP contribution < -0.4 is 10.6 Å². The Kier molecular flexibility index (Phi) is 9.77. The van der Waals surface area contributed by atoms with Gasteiger partial charge in [0.25, 0.3) is 0 Å². The Balaban J connectivity index is 0.000000221.